The first-order valence-corrected chi connectivity index (χ1v) is 10.8. The first-order valence-electron chi connectivity index (χ1n) is 9.36. The molecule has 1 aliphatic heterocycles. The fourth-order valence-electron chi connectivity index (χ4n) is 3.17. The quantitative estimate of drug-likeness (QED) is 0.438. The van der Waals surface area contributed by atoms with E-state index in [1.165, 1.54) is 22.0 Å². The Balaban J connectivity index is 1.89. The van der Waals surface area contributed by atoms with Gasteiger partial charge in [-0.05, 0) is 68.5 Å². The van der Waals surface area contributed by atoms with E-state index in [-0.39, 0.29) is 16.3 Å². The summed E-state index contributed by atoms with van der Waals surface area (Å²) in [5.74, 6) is 0. The van der Waals surface area contributed by atoms with Crippen LogP contribution in [0, 0.1) is 24.0 Å². The second-order valence-corrected chi connectivity index (χ2v) is 9.09. The predicted octanol–water partition coefficient (Wildman–Crippen LogP) is 3.83. The van der Waals surface area contributed by atoms with E-state index in [4.69, 9.17) is 0 Å². The molecule has 9 heteroatoms. The van der Waals surface area contributed by atoms with Gasteiger partial charge in [-0.25, -0.2) is 8.42 Å². The Bertz CT molecular complexity index is 1070. The lowest BCUT2D eigenvalue weighted by atomic mass is 10.0. The summed E-state index contributed by atoms with van der Waals surface area (Å²) >= 11 is 0. The van der Waals surface area contributed by atoms with Crippen LogP contribution in [0.2, 0.25) is 0 Å². The molecule has 0 saturated carbocycles. The number of hydrogen-bond acceptors (Lipinski definition) is 6. The predicted molar refractivity (Wildman–Crippen MR) is 113 cm³/mol. The highest BCUT2D eigenvalue weighted by molar-refractivity contribution is 7.89. The van der Waals surface area contributed by atoms with Gasteiger partial charge in [0.1, 0.15) is 5.69 Å². The van der Waals surface area contributed by atoms with E-state index >= 15 is 0 Å². The Morgan fingerprint density at radius 3 is 2.41 bits per heavy atom. The Hall–Kier alpha value is -2.78. The van der Waals surface area contributed by atoms with Crippen molar-refractivity contribution in [2.24, 2.45) is 5.10 Å². The van der Waals surface area contributed by atoms with Crippen LogP contribution < -0.4 is 5.43 Å². The van der Waals surface area contributed by atoms with Crippen LogP contribution in [-0.4, -0.2) is 36.4 Å². The number of rotatable bonds is 6. The monoisotopic (exact) mass is 416 g/mol. The molecule has 1 N–H and O–H groups in total. The number of nitro groups is 1. The van der Waals surface area contributed by atoms with E-state index < -0.39 is 14.9 Å². The van der Waals surface area contributed by atoms with Gasteiger partial charge in [0.15, 0.2) is 0 Å². The molecule has 29 heavy (non-hydrogen) atoms. The molecule has 0 bridgehead atoms. The number of hydrazone groups is 1. The van der Waals surface area contributed by atoms with Crippen LogP contribution in [0.5, 0.6) is 0 Å². The van der Waals surface area contributed by atoms with Crippen LogP contribution in [0.1, 0.15) is 36.5 Å². The van der Waals surface area contributed by atoms with E-state index in [2.05, 4.69) is 10.5 Å². The van der Waals surface area contributed by atoms with E-state index in [9.17, 15) is 18.5 Å². The standard InChI is InChI=1S/C20H24N4O4S/c1-14-6-7-17(12-15(14)2)16(3)21-22-19-9-8-18(13-20(19)24(25)26)29(27,28)23-10-4-5-11-23/h6-9,12-13,22H,4-5,10-11H2,1-3H3. The third-order valence-electron chi connectivity index (χ3n) is 5.14. The third kappa shape index (κ3) is 4.46. The molecular formula is C20H24N4O4S. The van der Waals surface area contributed by atoms with Gasteiger partial charge in [0.25, 0.3) is 5.69 Å². The zero-order valence-corrected chi connectivity index (χ0v) is 17.5. The molecule has 0 spiro atoms. The van der Waals surface area contributed by atoms with Gasteiger partial charge in [-0.15, -0.1) is 0 Å². The summed E-state index contributed by atoms with van der Waals surface area (Å²) in [7, 11) is -3.73. The van der Waals surface area contributed by atoms with Gasteiger partial charge in [-0.1, -0.05) is 12.1 Å². The molecule has 2 aromatic rings. The van der Waals surface area contributed by atoms with Crippen molar-refractivity contribution in [3.8, 4) is 0 Å². The summed E-state index contributed by atoms with van der Waals surface area (Å²) in [5.41, 5.74) is 6.37. The summed E-state index contributed by atoms with van der Waals surface area (Å²) < 4.78 is 26.7. The van der Waals surface area contributed by atoms with Crippen LogP contribution in [0.25, 0.3) is 0 Å². The van der Waals surface area contributed by atoms with Crippen molar-refractivity contribution >= 4 is 27.1 Å². The largest absolute Gasteiger partial charge is 0.295 e. The number of benzene rings is 2. The maximum absolute atomic E-state index is 12.7. The molecule has 1 fully saturated rings. The smallest absolute Gasteiger partial charge is 0.271 e. The second-order valence-electron chi connectivity index (χ2n) is 7.16. The van der Waals surface area contributed by atoms with Crippen molar-refractivity contribution in [2.75, 3.05) is 18.5 Å². The van der Waals surface area contributed by atoms with Gasteiger partial charge in [0.05, 0.1) is 15.5 Å². The average Bonchev–Trinajstić information content (AvgIpc) is 3.23. The fraction of sp³-hybridized carbons (Fsp3) is 0.350. The third-order valence-corrected chi connectivity index (χ3v) is 7.03. The molecule has 0 atom stereocenters. The lowest BCUT2D eigenvalue weighted by molar-refractivity contribution is -0.384. The fourth-order valence-corrected chi connectivity index (χ4v) is 4.71. The Morgan fingerprint density at radius 2 is 1.79 bits per heavy atom. The normalized spacial score (nSPS) is 15.5. The van der Waals surface area contributed by atoms with E-state index in [0.29, 0.717) is 18.8 Å². The molecule has 0 unspecified atom stereocenters. The number of sulfonamides is 1. The molecule has 1 saturated heterocycles. The van der Waals surface area contributed by atoms with Crippen LogP contribution in [0.15, 0.2) is 46.4 Å². The van der Waals surface area contributed by atoms with Gasteiger partial charge in [0.2, 0.25) is 10.0 Å². The van der Waals surface area contributed by atoms with Gasteiger partial charge < -0.3 is 0 Å². The molecule has 1 aliphatic rings. The minimum Gasteiger partial charge on any atom is -0.271 e. The number of hydrogen-bond donors (Lipinski definition) is 1. The minimum atomic E-state index is -3.73. The molecule has 0 radical (unpaired) electrons. The average molecular weight is 417 g/mol. The van der Waals surface area contributed by atoms with Crippen LogP contribution in [-0.2, 0) is 10.0 Å². The number of nitrogens with zero attached hydrogens (tertiary/aromatic N) is 3. The topological polar surface area (TPSA) is 105 Å². The Morgan fingerprint density at radius 1 is 1.10 bits per heavy atom. The second kappa shape index (κ2) is 8.30. The maximum atomic E-state index is 12.7. The molecule has 0 aliphatic carbocycles. The van der Waals surface area contributed by atoms with Crippen molar-refractivity contribution in [1.29, 1.82) is 0 Å². The Labute approximate surface area is 170 Å². The number of nitro benzene ring substituents is 1. The van der Waals surface area contributed by atoms with Crippen LogP contribution >= 0.6 is 0 Å². The highest BCUT2D eigenvalue weighted by Gasteiger charge is 2.29. The first kappa shape index (κ1) is 20.9. The van der Waals surface area contributed by atoms with Crippen molar-refractivity contribution < 1.29 is 13.3 Å². The first-order chi connectivity index (χ1) is 13.7. The van der Waals surface area contributed by atoms with Crippen molar-refractivity contribution in [3.63, 3.8) is 0 Å². The van der Waals surface area contributed by atoms with Crippen molar-refractivity contribution in [2.45, 2.75) is 38.5 Å². The van der Waals surface area contributed by atoms with E-state index in [0.717, 1.165) is 30.0 Å². The Kier molecular flexibility index (Phi) is 5.99. The summed E-state index contributed by atoms with van der Waals surface area (Å²) in [6, 6.07) is 9.78. The van der Waals surface area contributed by atoms with Crippen LogP contribution in [0.4, 0.5) is 11.4 Å². The number of nitrogens with one attached hydrogen (secondary N) is 1. The lowest BCUT2D eigenvalue weighted by Gasteiger charge is -2.15. The minimum absolute atomic E-state index is 0.0773. The molecule has 0 aromatic heterocycles. The van der Waals surface area contributed by atoms with Gasteiger partial charge in [-0.2, -0.15) is 9.41 Å². The van der Waals surface area contributed by atoms with Gasteiger partial charge in [0, 0.05) is 19.2 Å². The SMILES string of the molecule is CC(=NNc1ccc(S(=O)(=O)N2CCCC2)cc1[N+](=O)[O-])c1ccc(C)c(C)c1. The highest BCUT2D eigenvalue weighted by atomic mass is 32.2. The summed E-state index contributed by atoms with van der Waals surface area (Å²) in [5, 5.41) is 15.8. The van der Waals surface area contributed by atoms with Crippen LogP contribution in [0.3, 0.4) is 0 Å². The van der Waals surface area contributed by atoms with Gasteiger partial charge >= 0.3 is 0 Å². The zero-order valence-electron chi connectivity index (χ0n) is 16.7. The lowest BCUT2D eigenvalue weighted by Crippen LogP contribution is -2.27. The summed E-state index contributed by atoms with van der Waals surface area (Å²) in [6.45, 7) is 6.70. The maximum Gasteiger partial charge on any atom is 0.295 e. The summed E-state index contributed by atoms with van der Waals surface area (Å²) in [6.07, 6.45) is 1.60. The van der Waals surface area contributed by atoms with Gasteiger partial charge in [-0.3, -0.25) is 15.5 Å². The molecule has 0 amide bonds. The highest BCUT2D eigenvalue weighted by Crippen LogP contribution is 2.30. The summed E-state index contributed by atoms with van der Waals surface area (Å²) in [4.78, 5) is 10.8. The molecule has 8 nitrogen and oxygen atoms in total. The van der Waals surface area contributed by atoms with E-state index in [1.54, 1.807) is 6.92 Å². The molecule has 1 heterocycles. The number of aryl methyl sites for hydroxylation is 2. The molecular weight excluding hydrogens is 392 g/mol. The molecule has 2 aromatic carbocycles. The molecule has 154 valence electrons. The zero-order chi connectivity index (χ0) is 21.2. The number of anilines is 1. The van der Waals surface area contributed by atoms with Crippen molar-refractivity contribution in [3.05, 3.63) is 63.2 Å². The van der Waals surface area contributed by atoms with Crippen molar-refractivity contribution in [1.82, 2.24) is 4.31 Å². The van der Waals surface area contributed by atoms with E-state index in [1.807, 2.05) is 32.0 Å². The molecule has 3 rings (SSSR count).